The molecule has 0 saturated carbocycles. The predicted octanol–water partition coefficient (Wildman–Crippen LogP) is 3.17. The Morgan fingerprint density at radius 1 is 0.971 bits per heavy atom. The summed E-state index contributed by atoms with van der Waals surface area (Å²) in [5.74, 6) is -0.0609. The topological polar surface area (TPSA) is 98.9 Å². The van der Waals surface area contributed by atoms with E-state index in [0.29, 0.717) is 23.0 Å². The molecule has 34 heavy (non-hydrogen) atoms. The van der Waals surface area contributed by atoms with Crippen molar-refractivity contribution in [1.29, 1.82) is 0 Å². The second-order valence-corrected chi connectivity index (χ2v) is 8.24. The van der Waals surface area contributed by atoms with E-state index in [1.54, 1.807) is 31.2 Å². The van der Waals surface area contributed by atoms with Gasteiger partial charge in [-0.2, -0.15) is 0 Å². The molecule has 1 N–H and O–H groups in total. The molecule has 0 bridgehead atoms. The third kappa shape index (κ3) is 4.77. The Morgan fingerprint density at radius 3 is 2.29 bits per heavy atom. The van der Waals surface area contributed by atoms with Crippen molar-refractivity contribution in [2.24, 2.45) is 0 Å². The molecule has 0 fully saturated rings. The van der Waals surface area contributed by atoms with Crippen LogP contribution in [0.4, 0.5) is 0 Å². The highest BCUT2D eigenvalue weighted by atomic mass is 35.5. The van der Waals surface area contributed by atoms with Gasteiger partial charge in [-0.3, -0.25) is 18.7 Å². The second-order valence-electron chi connectivity index (χ2n) is 7.80. The number of nitrogens with zero attached hydrogens (tertiary/aromatic N) is 4. The normalized spacial score (nSPS) is 11.0. The van der Waals surface area contributed by atoms with Crippen LogP contribution in [0, 0.1) is 0 Å². The highest BCUT2D eigenvalue weighted by Crippen LogP contribution is 2.19. The van der Waals surface area contributed by atoms with Crippen molar-refractivity contribution >= 4 is 28.5 Å². The first-order chi connectivity index (χ1) is 16.4. The van der Waals surface area contributed by atoms with E-state index in [1.807, 2.05) is 24.3 Å². The number of carbonyl (C=O) groups excluding carboxylic acids is 1. The number of carbonyl (C=O) groups is 1. The smallest absolute Gasteiger partial charge is 0.333 e. The minimum absolute atomic E-state index is 0.169. The summed E-state index contributed by atoms with van der Waals surface area (Å²) in [5, 5.41) is 3.52. The Labute approximate surface area is 200 Å². The van der Waals surface area contributed by atoms with Crippen LogP contribution in [0.3, 0.4) is 0 Å². The Balaban J connectivity index is 1.63. The fourth-order valence-corrected chi connectivity index (χ4v) is 3.78. The predicted molar refractivity (Wildman–Crippen MR) is 132 cm³/mol. The number of halogens is 1. The maximum absolute atomic E-state index is 13.1. The molecule has 174 valence electrons. The minimum atomic E-state index is -0.602. The lowest BCUT2D eigenvalue weighted by atomic mass is 10.1. The van der Waals surface area contributed by atoms with Crippen LogP contribution >= 0.6 is 11.6 Å². The van der Waals surface area contributed by atoms with Crippen LogP contribution in [0.5, 0.6) is 0 Å². The minimum Gasteiger partial charge on any atom is -0.350 e. The molecule has 4 aromatic rings. The third-order valence-corrected chi connectivity index (χ3v) is 5.85. The average Bonchev–Trinajstić information content (AvgIpc) is 2.86. The zero-order valence-corrected chi connectivity index (χ0v) is 19.7. The fraction of sp³-hybridized carbons (Fsp3) is 0.240. The Morgan fingerprint density at radius 2 is 1.65 bits per heavy atom. The SMILES string of the molecule is CCc1ccc(CNC(=O)Cn2c(=O)c3cnc(-c4ccc(Cl)cc4)nc3n(CC)c2=O)cc1. The molecular formula is C25H24ClN5O3. The van der Waals surface area contributed by atoms with Crippen LogP contribution in [0.15, 0.2) is 64.3 Å². The van der Waals surface area contributed by atoms with Crippen LogP contribution in [-0.2, 0) is 30.8 Å². The number of benzene rings is 2. The average molecular weight is 478 g/mol. The molecule has 2 aromatic heterocycles. The van der Waals surface area contributed by atoms with Crippen molar-refractivity contribution in [2.75, 3.05) is 0 Å². The molecule has 0 aliphatic heterocycles. The van der Waals surface area contributed by atoms with Gasteiger partial charge in [-0.05, 0) is 48.7 Å². The lowest BCUT2D eigenvalue weighted by Gasteiger charge is -2.13. The van der Waals surface area contributed by atoms with Crippen LogP contribution in [0.2, 0.25) is 5.02 Å². The van der Waals surface area contributed by atoms with Gasteiger partial charge in [-0.1, -0.05) is 42.8 Å². The van der Waals surface area contributed by atoms with Crippen molar-refractivity contribution < 1.29 is 4.79 Å². The quantitative estimate of drug-likeness (QED) is 0.441. The second kappa shape index (κ2) is 10.0. The molecule has 4 rings (SSSR count). The summed E-state index contributed by atoms with van der Waals surface area (Å²) in [7, 11) is 0. The maximum atomic E-state index is 13.1. The van der Waals surface area contributed by atoms with Crippen molar-refractivity contribution in [3.63, 3.8) is 0 Å². The summed E-state index contributed by atoms with van der Waals surface area (Å²) in [6, 6.07) is 14.9. The van der Waals surface area contributed by atoms with E-state index in [2.05, 4.69) is 22.2 Å². The number of hydrogen-bond donors (Lipinski definition) is 1. The van der Waals surface area contributed by atoms with Crippen LogP contribution < -0.4 is 16.6 Å². The third-order valence-electron chi connectivity index (χ3n) is 5.60. The lowest BCUT2D eigenvalue weighted by Crippen LogP contribution is -2.44. The molecule has 0 aliphatic carbocycles. The molecule has 0 saturated heterocycles. The number of aryl methyl sites for hydroxylation is 2. The first kappa shape index (κ1) is 23.4. The van der Waals surface area contributed by atoms with Gasteiger partial charge in [0.25, 0.3) is 5.56 Å². The number of rotatable bonds is 7. The molecule has 1 amide bonds. The van der Waals surface area contributed by atoms with Crippen molar-refractivity contribution in [2.45, 2.75) is 39.9 Å². The highest BCUT2D eigenvalue weighted by molar-refractivity contribution is 6.30. The van der Waals surface area contributed by atoms with Gasteiger partial charge < -0.3 is 5.32 Å². The standard InChI is InChI=1S/C25H24ClN5O3/c1-3-16-5-7-17(8-6-16)13-27-21(32)15-31-24(33)20-14-28-22(18-9-11-19(26)12-10-18)29-23(20)30(4-2)25(31)34/h5-12,14H,3-4,13,15H2,1-2H3,(H,27,32). The Hall–Kier alpha value is -3.78. The van der Waals surface area contributed by atoms with E-state index in [0.717, 1.165) is 16.6 Å². The summed E-state index contributed by atoms with van der Waals surface area (Å²) >= 11 is 5.95. The Kier molecular flexibility index (Phi) is 6.88. The van der Waals surface area contributed by atoms with Gasteiger partial charge in [0.05, 0.1) is 0 Å². The summed E-state index contributed by atoms with van der Waals surface area (Å²) in [4.78, 5) is 47.5. The first-order valence-corrected chi connectivity index (χ1v) is 11.4. The van der Waals surface area contributed by atoms with Gasteiger partial charge in [-0.15, -0.1) is 0 Å². The van der Waals surface area contributed by atoms with E-state index in [4.69, 9.17) is 11.6 Å². The molecule has 8 nitrogen and oxygen atoms in total. The summed E-state index contributed by atoms with van der Waals surface area (Å²) in [5.41, 5.74) is 1.88. The lowest BCUT2D eigenvalue weighted by molar-refractivity contribution is -0.121. The van der Waals surface area contributed by atoms with E-state index >= 15 is 0 Å². The zero-order valence-electron chi connectivity index (χ0n) is 18.9. The molecule has 0 aliphatic rings. The highest BCUT2D eigenvalue weighted by Gasteiger charge is 2.17. The van der Waals surface area contributed by atoms with Gasteiger partial charge >= 0.3 is 5.69 Å². The van der Waals surface area contributed by atoms with Crippen molar-refractivity contribution in [3.8, 4) is 11.4 Å². The zero-order chi connectivity index (χ0) is 24.2. The van der Waals surface area contributed by atoms with Crippen molar-refractivity contribution in [1.82, 2.24) is 24.4 Å². The molecule has 2 heterocycles. The molecule has 2 aromatic carbocycles. The number of amides is 1. The summed E-state index contributed by atoms with van der Waals surface area (Å²) in [6.45, 7) is 4.04. The van der Waals surface area contributed by atoms with E-state index in [1.165, 1.54) is 16.3 Å². The molecule has 0 atom stereocenters. The number of nitrogens with one attached hydrogen (secondary N) is 1. The summed E-state index contributed by atoms with van der Waals surface area (Å²) in [6.07, 6.45) is 2.33. The Bertz CT molecular complexity index is 1460. The van der Waals surface area contributed by atoms with Gasteiger partial charge in [0.2, 0.25) is 5.91 Å². The van der Waals surface area contributed by atoms with E-state index in [9.17, 15) is 14.4 Å². The van der Waals surface area contributed by atoms with Gasteiger partial charge in [0, 0.05) is 29.9 Å². The van der Waals surface area contributed by atoms with Crippen LogP contribution in [0.25, 0.3) is 22.4 Å². The van der Waals surface area contributed by atoms with Gasteiger partial charge in [0.15, 0.2) is 11.5 Å². The van der Waals surface area contributed by atoms with E-state index < -0.39 is 17.2 Å². The fourth-order valence-electron chi connectivity index (χ4n) is 3.65. The van der Waals surface area contributed by atoms with Gasteiger partial charge in [0.1, 0.15) is 11.9 Å². The van der Waals surface area contributed by atoms with E-state index in [-0.39, 0.29) is 24.1 Å². The number of aromatic nitrogens is 4. The van der Waals surface area contributed by atoms with Crippen LogP contribution in [0.1, 0.15) is 25.0 Å². The molecule has 9 heteroatoms. The largest absolute Gasteiger partial charge is 0.350 e. The molecule has 0 radical (unpaired) electrons. The molecule has 0 unspecified atom stereocenters. The summed E-state index contributed by atoms with van der Waals surface area (Å²) < 4.78 is 2.29. The van der Waals surface area contributed by atoms with Crippen LogP contribution in [-0.4, -0.2) is 25.0 Å². The number of hydrogen-bond acceptors (Lipinski definition) is 5. The molecule has 0 spiro atoms. The maximum Gasteiger partial charge on any atom is 0.333 e. The number of fused-ring (bicyclic) bond motifs is 1. The van der Waals surface area contributed by atoms with Gasteiger partial charge in [-0.25, -0.2) is 14.8 Å². The van der Waals surface area contributed by atoms with Crippen molar-refractivity contribution in [3.05, 3.63) is 91.7 Å². The monoisotopic (exact) mass is 477 g/mol. The first-order valence-electron chi connectivity index (χ1n) is 11.0. The molecular weight excluding hydrogens is 454 g/mol.